The maximum atomic E-state index is 4.07. The number of nitrogens with zero attached hydrogens (tertiary/aromatic N) is 3. The number of hydrogen-bond donors (Lipinski definition) is 1. The first-order valence-electron chi connectivity index (χ1n) is 6.58. The molecule has 4 heteroatoms. The number of benzene rings is 1. The first-order chi connectivity index (χ1) is 9.83. The third kappa shape index (κ3) is 2.69. The van der Waals surface area contributed by atoms with Crippen molar-refractivity contribution in [3.8, 4) is 5.69 Å². The highest BCUT2D eigenvalue weighted by molar-refractivity contribution is 5.52. The highest BCUT2D eigenvalue weighted by atomic mass is 15.0. The Labute approximate surface area is 118 Å². The Morgan fingerprint density at radius 1 is 1.05 bits per heavy atom. The molecule has 0 aliphatic rings. The van der Waals surface area contributed by atoms with E-state index in [0.29, 0.717) is 0 Å². The highest BCUT2D eigenvalue weighted by Crippen LogP contribution is 2.20. The highest BCUT2D eigenvalue weighted by Gasteiger charge is 2.05. The Bertz CT molecular complexity index is 662. The fraction of sp³-hybridized carbons (Fsp3) is 0.125. The second-order valence-corrected chi connectivity index (χ2v) is 4.67. The third-order valence-electron chi connectivity index (χ3n) is 3.24. The summed E-state index contributed by atoms with van der Waals surface area (Å²) in [5.41, 5.74) is 3.39. The number of nitrogens with one attached hydrogen (secondary N) is 1. The number of pyridine rings is 1. The van der Waals surface area contributed by atoms with Crippen LogP contribution >= 0.6 is 0 Å². The van der Waals surface area contributed by atoms with Gasteiger partial charge in [-0.05, 0) is 42.8 Å². The van der Waals surface area contributed by atoms with Crippen LogP contribution in [-0.2, 0) is 0 Å². The van der Waals surface area contributed by atoms with Gasteiger partial charge in [-0.2, -0.15) is 0 Å². The van der Waals surface area contributed by atoms with Crippen molar-refractivity contribution in [2.45, 2.75) is 13.0 Å². The SMILES string of the molecule is CC(Nc1cccc(-n2ccnc2)c1)c1ccncc1. The van der Waals surface area contributed by atoms with Crippen molar-refractivity contribution in [3.05, 3.63) is 73.1 Å². The number of anilines is 1. The molecule has 1 N–H and O–H groups in total. The van der Waals surface area contributed by atoms with E-state index >= 15 is 0 Å². The van der Waals surface area contributed by atoms with Crippen molar-refractivity contribution < 1.29 is 0 Å². The third-order valence-corrected chi connectivity index (χ3v) is 3.24. The molecule has 20 heavy (non-hydrogen) atoms. The molecule has 2 heterocycles. The van der Waals surface area contributed by atoms with E-state index in [0.717, 1.165) is 11.4 Å². The van der Waals surface area contributed by atoms with Gasteiger partial charge in [-0.15, -0.1) is 0 Å². The lowest BCUT2D eigenvalue weighted by Gasteiger charge is -2.16. The molecule has 0 amide bonds. The van der Waals surface area contributed by atoms with Gasteiger partial charge < -0.3 is 9.88 Å². The van der Waals surface area contributed by atoms with Crippen molar-refractivity contribution in [2.24, 2.45) is 0 Å². The van der Waals surface area contributed by atoms with E-state index in [9.17, 15) is 0 Å². The molecule has 0 spiro atoms. The molecule has 0 aliphatic heterocycles. The van der Waals surface area contributed by atoms with E-state index in [1.54, 1.807) is 12.5 Å². The predicted octanol–water partition coefficient (Wildman–Crippen LogP) is 3.44. The summed E-state index contributed by atoms with van der Waals surface area (Å²) in [5, 5.41) is 3.50. The minimum absolute atomic E-state index is 0.232. The molecule has 0 bridgehead atoms. The molecule has 0 saturated heterocycles. The molecule has 3 aromatic rings. The Morgan fingerprint density at radius 2 is 1.90 bits per heavy atom. The van der Waals surface area contributed by atoms with Crippen LogP contribution in [0.2, 0.25) is 0 Å². The van der Waals surface area contributed by atoms with Crippen molar-refractivity contribution in [3.63, 3.8) is 0 Å². The maximum absolute atomic E-state index is 4.07. The zero-order chi connectivity index (χ0) is 13.8. The van der Waals surface area contributed by atoms with Gasteiger partial charge in [0.25, 0.3) is 0 Å². The van der Waals surface area contributed by atoms with Crippen LogP contribution in [0.4, 0.5) is 5.69 Å². The van der Waals surface area contributed by atoms with Gasteiger partial charge in [0.05, 0.1) is 6.33 Å². The minimum atomic E-state index is 0.232. The summed E-state index contributed by atoms with van der Waals surface area (Å²) in [7, 11) is 0. The summed E-state index contributed by atoms with van der Waals surface area (Å²) in [4.78, 5) is 8.12. The second-order valence-electron chi connectivity index (χ2n) is 4.67. The van der Waals surface area contributed by atoms with Crippen LogP contribution in [-0.4, -0.2) is 14.5 Å². The summed E-state index contributed by atoms with van der Waals surface area (Å²) < 4.78 is 1.99. The fourth-order valence-electron chi connectivity index (χ4n) is 2.15. The van der Waals surface area contributed by atoms with Gasteiger partial charge in [-0.3, -0.25) is 4.98 Å². The van der Waals surface area contributed by atoms with E-state index in [1.807, 2.05) is 41.4 Å². The first-order valence-corrected chi connectivity index (χ1v) is 6.58. The number of aromatic nitrogens is 3. The number of hydrogen-bond acceptors (Lipinski definition) is 3. The van der Waals surface area contributed by atoms with Gasteiger partial charge in [-0.25, -0.2) is 4.98 Å². The minimum Gasteiger partial charge on any atom is -0.378 e. The van der Waals surface area contributed by atoms with E-state index < -0.39 is 0 Å². The molecule has 3 rings (SSSR count). The lowest BCUT2D eigenvalue weighted by molar-refractivity contribution is 0.880. The lowest BCUT2D eigenvalue weighted by atomic mass is 10.1. The Kier molecular flexibility index (Phi) is 3.46. The lowest BCUT2D eigenvalue weighted by Crippen LogP contribution is -2.06. The van der Waals surface area contributed by atoms with Crippen LogP contribution in [0, 0.1) is 0 Å². The van der Waals surface area contributed by atoms with Crippen LogP contribution in [0.1, 0.15) is 18.5 Å². The Morgan fingerprint density at radius 3 is 2.65 bits per heavy atom. The smallest absolute Gasteiger partial charge is 0.0991 e. The Hall–Kier alpha value is -2.62. The molecule has 1 unspecified atom stereocenters. The van der Waals surface area contributed by atoms with Crippen molar-refractivity contribution >= 4 is 5.69 Å². The quantitative estimate of drug-likeness (QED) is 0.785. The van der Waals surface area contributed by atoms with Gasteiger partial charge in [0, 0.05) is 42.2 Å². The maximum Gasteiger partial charge on any atom is 0.0991 e. The topological polar surface area (TPSA) is 42.7 Å². The zero-order valence-electron chi connectivity index (χ0n) is 11.3. The van der Waals surface area contributed by atoms with Gasteiger partial charge in [0.15, 0.2) is 0 Å². The van der Waals surface area contributed by atoms with Gasteiger partial charge in [0.2, 0.25) is 0 Å². The molecule has 0 aliphatic carbocycles. The average molecular weight is 264 g/mol. The van der Waals surface area contributed by atoms with E-state index in [4.69, 9.17) is 0 Å². The predicted molar refractivity (Wildman–Crippen MR) is 79.8 cm³/mol. The van der Waals surface area contributed by atoms with Crippen LogP contribution < -0.4 is 5.32 Å². The molecule has 0 saturated carbocycles. The molecular formula is C16H16N4. The molecule has 2 aromatic heterocycles. The second kappa shape index (κ2) is 5.57. The van der Waals surface area contributed by atoms with Crippen molar-refractivity contribution in [1.82, 2.24) is 14.5 Å². The summed E-state index contributed by atoms with van der Waals surface area (Å²) in [6.07, 6.45) is 9.14. The van der Waals surface area contributed by atoms with Gasteiger partial charge in [-0.1, -0.05) is 6.07 Å². The van der Waals surface area contributed by atoms with Crippen LogP contribution in [0.25, 0.3) is 5.69 Å². The molecule has 100 valence electrons. The molecular weight excluding hydrogens is 248 g/mol. The van der Waals surface area contributed by atoms with Crippen LogP contribution in [0.15, 0.2) is 67.5 Å². The molecule has 0 fully saturated rings. The van der Waals surface area contributed by atoms with Crippen molar-refractivity contribution in [1.29, 1.82) is 0 Å². The van der Waals surface area contributed by atoms with E-state index in [-0.39, 0.29) is 6.04 Å². The summed E-state index contributed by atoms with van der Waals surface area (Å²) in [6, 6.07) is 12.6. The summed E-state index contributed by atoms with van der Waals surface area (Å²) in [6.45, 7) is 2.14. The molecule has 1 atom stereocenters. The van der Waals surface area contributed by atoms with E-state index in [1.165, 1.54) is 5.56 Å². The van der Waals surface area contributed by atoms with Crippen LogP contribution in [0.3, 0.4) is 0 Å². The summed E-state index contributed by atoms with van der Waals surface area (Å²) in [5.74, 6) is 0. The zero-order valence-corrected chi connectivity index (χ0v) is 11.3. The van der Waals surface area contributed by atoms with Gasteiger partial charge in [0.1, 0.15) is 0 Å². The number of imidazole rings is 1. The molecule has 0 radical (unpaired) electrons. The van der Waals surface area contributed by atoms with Crippen molar-refractivity contribution in [2.75, 3.05) is 5.32 Å². The van der Waals surface area contributed by atoms with Gasteiger partial charge >= 0.3 is 0 Å². The standard InChI is InChI=1S/C16H16N4/c1-13(14-5-7-17-8-6-14)19-15-3-2-4-16(11-15)20-10-9-18-12-20/h2-13,19H,1H3. The average Bonchev–Trinajstić information content (AvgIpc) is 3.03. The largest absolute Gasteiger partial charge is 0.378 e. The number of rotatable bonds is 4. The summed E-state index contributed by atoms with van der Waals surface area (Å²) >= 11 is 0. The van der Waals surface area contributed by atoms with E-state index in [2.05, 4.69) is 40.4 Å². The first kappa shape index (κ1) is 12.4. The molecule has 1 aromatic carbocycles. The normalized spacial score (nSPS) is 12.1. The van der Waals surface area contributed by atoms with Crippen LogP contribution in [0.5, 0.6) is 0 Å². The Balaban J connectivity index is 1.80. The molecule has 4 nitrogen and oxygen atoms in total. The monoisotopic (exact) mass is 264 g/mol. The fourth-order valence-corrected chi connectivity index (χ4v) is 2.15.